The Morgan fingerprint density at radius 3 is 2.39 bits per heavy atom. The lowest BCUT2D eigenvalue weighted by molar-refractivity contribution is -0.137. The molecule has 28 heavy (non-hydrogen) atoms. The Balaban J connectivity index is 1.89. The largest absolute Gasteiger partial charge is 0.450 e. The highest BCUT2D eigenvalue weighted by molar-refractivity contribution is 6.33. The van der Waals surface area contributed by atoms with E-state index in [0.29, 0.717) is 0 Å². The number of hydrogen-bond donors (Lipinski definition) is 0. The van der Waals surface area contributed by atoms with Crippen molar-refractivity contribution in [1.82, 2.24) is 19.2 Å². The first-order valence-electron chi connectivity index (χ1n) is 8.59. The monoisotopic (exact) mass is 418 g/mol. The van der Waals surface area contributed by atoms with Crippen molar-refractivity contribution in [2.45, 2.75) is 20.0 Å². The van der Waals surface area contributed by atoms with Crippen molar-refractivity contribution in [3.8, 4) is 0 Å². The standard InChI is InChI=1S/C17H18ClF3N4O3/c1-3-28-16(27)24-6-4-23(5-7-24)15(26)13-10(2)22-14-12(18)8-11(9-25(13)14)17(19,20)21/h8-9H,3-7H2,1-2H3. The van der Waals surface area contributed by atoms with Gasteiger partial charge in [-0.2, -0.15) is 13.2 Å². The predicted molar refractivity (Wildman–Crippen MR) is 94.4 cm³/mol. The Bertz CT molecular complexity index is 920. The highest BCUT2D eigenvalue weighted by Gasteiger charge is 2.34. The molecule has 0 bridgehead atoms. The number of alkyl halides is 3. The van der Waals surface area contributed by atoms with Crippen molar-refractivity contribution in [2.24, 2.45) is 0 Å². The van der Waals surface area contributed by atoms with Gasteiger partial charge in [0.2, 0.25) is 0 Å². The number of amides is 2. The molecule has 0 saturated carbocycles. The third-order valence-electron chi connectivity index (χ3n) is 4.47. The van der Waals surface area contributed by atoms with Crippen molar-refractivity contribution in [3.05, 3.63) is 34.2 Å². The SMILES string of the molecule is CCOC(=O)N1CCN(C(=O)c2c(C)nc3c(Cl)cc(C(F)(F)F)cn23)CC1. The van der Waals surface area contributed by atoms with Crippen molar-refractivity contribution >= 4 is 29.2 Å². The van der Waals surface area contributed by atoms with E-state index in [9.17, 15) is 22.8 Å². The van der Waals surface area contributed by atoms with Crippen LogP contribution in [0.3, 0.4) is 0 Å². The molecule has 2 amide bonds. The van der Waals surface area contributed by atoms with E-state index in [-0.39, 0.29) is 54.8 Å². The highest BCUT2D eigenvalue weighted by Crippen LogP contribution is 2.33. The first-order valence-corrected chi connectivity index (χ1v) is 8.97. The second-order valence-corrected chi connectivity index (χ2v) is 6.70. The maximum Gasteiger partial charge on any atom is 0.417 e. The number of aryl methyl sites for hydroxylation is 1. The van der Waals surface area contributed by atoms with Crippen LogP contribution in [-0.2, 0) is 10.9 Å². The van der Waals surface area contributed by atoms with Crippen LogP contribution in [0.15, 0.2) is 12.3 Å². The van der Waals surface area contributed by atoms with Crippen LogP contribution >= 0.6 is 11.6 Å². The van der Waals surface area contributed by atoms with Gasteiger partial charge in [-0.15, -0.1) is 0 Å². The van der Waals surface area contributed by atoms with Gasteiger partial charge in [-0.3, -0.25) is 9.20 Å². The zero-order valence-electron chi connectivity index (χ0n) is 15.2. The fraction of sp³-hybridized carbons (Fsp3) is 0.471. The van der Waals surface area contributed by atoms with Gasteiger partial charge in [0, 0.05) is 32.4 Å². The molecule has 0 spiro atoms. The first kappa shape index (κ1) is 20.2. The van der Waals surface area contributed by atoms with Gasteiger partial charge in [0.05, 0.1) is 22.9 Å². The summed E-state index contributed by atoms with van der Waals surface area (Å²) in [7, 11) is 0. The lowest BCUT2D eigenvalue weighted by Gasteiger charge is -2.34. The molecule has 1 aliphatic rings. The lowest BCUT2D eigenvalue weighted by Crippen LogP contribution is -2.51. The predicted octanol–water partition coefficient (Wildman–Crippen LogP) is 3.23. The molecule has 0 aromatic carbocycles. The average molecular weight is 419 g/mol. The van der Waals surface area contributed by atoms with Gasteiger partial charge >= 0.3 is 12.3 Å². The molecule has 2 aromatic heterocycles. The molecule has 3 rings (SSSR count). The lowest BCUT2D eigenvalue weighted by atomic mass is 10.2. The van der Waals surface area contributed by atoms with Crippen molar-refractivity contribution in [1.29, 1.82) is 0 Å². The maximum absolute atomic E-state index is 13.1. The molecule has 11 heteroatoms. The van der Waals surface area contributed by atoms with Gasteiger partial charge in [0.25, 0.3) is 5.91 Å². The fourth-order valence-corrected chi connectivity index (χ4v) is 3.34. The molecule has 7 nitrogen and oxygen atoms in total. The van der Waals surface area contributed by atoms with Gasteiger partial charge in [-0.25, -0.2) is 9.78 Å². The molecule has 0 unspecified atom stereocenters. The minimum absolute atomic E-state index is 0.0209. The minimum Gasteiger partial charge on any atom is -0.450 e. The number of carbonyl (C=O) groups is 2. The number of carbonyl (C=O) groups excluding carboxylic acids is 2. The van der Waals surface area contributed by atoms with Crippen LogP contribution in [0, 0.1) is 6.92 Å². The summed E-state index contributed by atoms with van der Waals surface area (Å²) >= 11 is 5.96. The molecule has 0 N–H and O–H groups in total. The number of piperazine rings is 1. The summed E-state index contributed by atoms with van der Waals surface area (Å²) in [6.07, 6.45) is -4.24. The van der Waals surface area contributed by atoms with Gasteiger partial charge in [0.1, 0.15) is 5.69 Å². The summed E-state index contributed by atoms with van der Waals surface area (Å²) < 4.78 is 45.4. The van der Waals surface area contributed by atoms with Crippen molar-refractivity contribution in [2.75, 3.05) is 32.8 Å². The summed E-state index contributed by atoms with van der Waals surface area (Å²) in [5, 5.41) is -0.191. The minimum atomic E-state index is -4.61. The van der Waals surface area contributed by atoms with Crippen molar-refractivity contribution < 1.29 is 27.5 Å². The topological polar surface area (TPSA) is 67.2 Å². The second kappa shape index (κ2) is 7.50. The van der Waals surface area contributed by atoms with Crippen molar-refractivity contribution in [3.63, 3.8) is 0 Å². The Labute approximate surface area is 163 Å². The summed E-state index contributed by atoms with van der Waals surface area (Å²) in [6.45, 7) is 4.50. The molecule has 0 aliphatic carbocycles. The number of pyridine rings is 1. The third-order valence-corrected chi connectivity index (χ3v) is 4.75. The zero-order valence-corrected chi connectivity index (χ0v) is 16.0. The normalized spacial score (nSPS) is 15.2. The number of hydrogen-bond acceptors (Lipinski definition) is 4. The summed E-state index contributed by atoms with van der Waals surface area (Å²) in [5.41, 5.74) is -0.587. The van der Waals surface area contributed by atoms with E-state index in [2.05, 4.69) is 4.98 Å². The molecular formula is C17H18ClF3N4O3. The Morgan fingerprint density at radius 2 is 1.82 bits per heavy atom. The van der Waals surface area contributed by atoms with Crippen LogP contribution in [0.25, 0.3) is 5.65 Å². The average Bonchev–Trinajstić information content (AvgIpc) is 2.97. The molecule has 1 fully saturated rings. The van der Waals surface area contributed by atoms with Crippen LogP contribution in [0.4, 0.5) is 18.0 Å². The van der Waals surface area contributed by atoms with E-state index < -0.39 is 23.7 Å². The molecule has 3 heterocycles. The van der Waals surface area contributed by atoms with Crippen LogP contribution in [0.5, 0.6) is 0 Å². The van der Waals surface area contributed by atoms with E-state index in [1.165, 1.54) is 9.80 Å². The molecule has 0 radical (unpaired) electrons. The number of rotatable bonds is 2. The van der Waals surface area contributed by atoms with Crippen LogP contribution in [0.2, 0.25) is 5.02 Å². The number of aromatic nitrogens is 2. The van der Waals surface area contributed by atoms with Crippen LogP contribution in [-0.4, -0.2) is 64.0 Å². The molecule has 1 aliphatic heterocycles. The highest BCUT2D eigenvalue weighted by atomic mass is 35.5. The first-order chi connectivity index (χ1) is 13.1. The fourth-order valence-electron chi connectivity index (χ4n) is 3.09. The number of halogens is 4. The van der Waals surface area contributed by atoms with Gasteiger partial charge in [-0.1, -0.05) is 11.6 Å². The van der Waals surface area contributed by atoms with Gasteiger partial charge in [0.15, 0.2) is 5.65 Å². The molecule has 2 aromatic rings. The number of fused-ring (bicyclic) bond motifs is 1. The Hall–Kier alpha value is -2.49. The van der Waals surface area contributed by atoms with E-state index >= 15 is 0 Å². The van der Waals surface area contributed by atoms with E-state index in [0.717, 1.165) is 16.7 Å². The maximum atomic E-state index is 13.1. The van der Waals surface area contributed by atoms with Crippen LogP contribution in [0.1, 0.15) is 28.7 Å². The molecular weight excluding hydrogens is 401 g/mol. The Morgan fingerprint density at radius 1 is 1.21 bits per heavy atom. The van der Waals surface area contributed by atoms with Gasteiger partial charge < -0.3 is 14.5 Å². The van der Waals surface area contributed by atoms with Crippen LogP contribution < -0.4 is 0 Å². The molecule has 1 saturated heterocycles. The summed E-state index contributed by atoms with van der Waals surface area (Å²) in [6, 6.07) is 0.787. The quantitative estimate of drug-likeness (QED) is 0.751. The number of ether oxygens (including phenoxy) is 1. The zero-order chi connectivity index (χ0) is 20.6. The summed E-state index contributed by atoms with van der Waals surface area (Å²) in [4.78, 5) is 31.8. The number of imidazole rings is 1. The Kier molecular flexibility index (Phi) is 5.42. The third kappa shape index (κ3) is 3.73. The number of nitrogens with zero attached hydrogens (tertiary/aromatic N) is 4. The summed E-state index contributed by atoms with van der Waals surface area (Å²) in [5.74, 6) is -0.469. The molecule has 0 atom stereocenters. The van der Waals surface area contributed by atoms with Gasteiger partial charge in [-0.05, 0) is 19.9 Å². The smallest absolute Gasteiger partial charge is 0.417 e. The second-order valence-electron chi connectivity index (χ2n) is 6.29. The van der Waals surface area contributed by atoms with E-state index in [4.69, 9.17) is 16.3 Å². The molecule has 152 valence electrons. The van der Waals surface area contributed by atoms with E-state index in [1.807, 2.05) is 0 Å². The van der Waals surface area contributed by atoms with E-state index in [1.54, 1.807) is 13.8 Å².